The zero-order valence-electron chi connectivity index (χ0n) is 10.2. The van der Waals surface area contributed by atoms with E-state index in [2.05, 4.69) is 4.90 Å². The van der Waals surface area contributed by atoms with Crippen molar-refractivity contribution in [2.24, 2.45) is 0 Å². The molecule has 0 spiro atoms. The van der Waals surface area contributed by atoms with E-state index in [4.69, 9.17) is 9.47 Å². The quantitative estimate of drug-likeness (QED) is 0.715. The van der Waals surface area contributed by atoms with E-state index in [1.165, 1.54) is 38.5 Å². The van der Waals surface area contributed by atoms with E-state index < -0.39 is 0 Å². The van der Waals surface area contributed by atoms with Gasteiger partial charge in [-0.2, -0.15) is 0 Å². The van der Waals surface area contributed by atoms with Gasteiger partial charge in [-0.3, -0.25) is 4.90 Å². The summed E-state index contributed by atoms with van der Waals surface area (Å²) in [5.41, 5.74) is 0. The van der Waals surface area contributed by atoms with Crippen molar-refractivity contribution in [2.75, 3.05) is 20.3 Å². The van der Waals surface area contributed by atoms with Crippen LogP contribution in [0.5, 0.6) is 0 Å². The van der Waals surface area contributed by atoms with Gasteiger partial charge in [0.1, 0.15) is 0 Å². The van der Waals surface area contributed by atoms with Gasteiger partial charge < -0.3 is 9.47 Å². The van der Waals surface area contributed by atoms with E-state index in [0.717, 1.165) is 31.3 Å². The van der Waals surface area contributed by atoms with Crippen molar-refractivity contribution in [1.29, 1.82) is 0 Å². The zero-order chi connectivity index (χ0) is 11.0. The first-order chi connectivity index (χ1) is 7.88. The second-order valence-corrected chi connectivity index (χ2v) is 5.50. The van der Waals surface area contributed by atoms with Gasteiger partial charge in [0, 0.05) is 38.4 Å². The summed E-state index contributed by atoms with van der Waals surface area (Å²) in [4.78, 5) is 2.82. The van der Waals surface area contributed by atoms with Crippen molar-refractivity contribution in [2.45, 2.75) is 62.8 Å². The fourth-order valence-electron chi connectivity index (χ4n) is 3.94. The monoisotopic (exact) mass is 225 g/mol. The number of piperidine rings is 1. The number of methoxy groups -OCH3 is 1. The summed E-state index contributed by atoms with van der Waals surface area (Å²) in [5, 5.41) is 0. The molecule has 16 heavy (non-hydrogen) atoms. The maximum atomic E-state index is 5.56. The van der Waals surface area contributed by atoms with Crippen LogP contribution < -0.4 is 0 Å². The normalized spacial score (nSPS) is 41.4. The fraction of sp³-hybridized carbons (Fsp3) is 1.00. The van der Waals surface area contributed by atoms with E-state index in [-0.39, 0.29) is 0 Å². The van der Waals surface area contributed by atoms with Gasteiger partial charge in [0.25, 0.3) is 0 Å². The van der Waals surface area contributed by atoms with Crippen LogP contribution in [0.2, 0.25) is 0 Å². The Kier molecular flexibility index (Phi) is 3.18. The SMILES string of the molecule is COC1CC2CCC(C1)N2C1CCOCC1. The molecule has 3 aliphatic rings. The predicted molar refractivity (Wildman–Crippen MR) is 62.5 cm³/mol. The zero-order valence-corrected chi connectivity index (χ0v) is 10.2. The van der Waals surface area contributed by atoms with Crippen molar-refractivity contribution >= 4 is 0 Å². The molecule has 0 saturated carbocycles. The lowest BCUT2D eigenvalue weighted by Gasteiger charge is -2.44. The van der Waals surface area contributed by atoms with E-state index in [0.29, 0.717) is 6.10 Å². The molecule has 0 aromatic rings. The summed E-state index contributed by atoms with van der Waals surface area (Å²) >= 11 is 0. The van der Waals surface area contributed by atoms with Crippen LogP contribution in [0.4, 0.5) is 0 Å². The molecule has 2 atom stereocenters. The van der Waals surface area contributed by atoms with Crippen LogP contribution in [-0.2, 0) is 9.47 Å². The lowest BCUT2D eigenvalue weighted by Crippen LogP contribution is -2.51. The molecule has 3 saturated heterocycles. The Morgan fingerprint density at radius 2 is 1.56 bits per heavy atom. The minimum absolute atomic E-state index is 0.522. The van der Waals surface area contributed by atoms with Gasteiger partial charge in [0.15, 0.2) is 0 Å². The van der Waals surface area contributed by atoms with Gasteiger partial charge in [0.05, 0.1) is 6.10 Å². The van der Waals surface area contributed by atoms with Crippen molar-refractivity contribution in [3.05, 3.63) is 0 Å². The molecule has 92 valence electrons. The molecule has 0 aliphatic carbocycles. The molecule has 0 radical (unpaired) electrons. The average molecular weight is 225 g/mol. The Labute approximate surface area is 98.1 Å². The summed E-state index contributed by atoms with van der Waals surface area (Å²) in [6.07, 6.45) is 8.29. The van der Waals surface area contributed by atoms with Gasteiger partial charge in [-0.1, -0.05) is 0 Å². The lowest BCUT2D eigenvalue weighted by molar-refractivity contribution is -0.0408. The van der Waals surface area contributed by atoms with E-state index in [9.17, 15) is 0 Å². The second kappa shape index (κ2) is 4.63. The van der Waals surface area contributed by atoms with Crippen LogP contribution >= 0.6 is 0 Å². The van der Waals surface area contributed by atoms with Crippen molar-refractivity contribution in [3.63, 3.8) is 0 Å². The summed E-state index contributed by atoms with van der Waals surface area (Å²) < 4.78 is 11.0. The molecule has 2 bridgehead atoms. The number of hydrogen-bond donors (Lipinski definition) is 0. The first-order valence-electron chi connectivity index (χ1n) is 6.76. The van der Waals surface area contributed by atoms with E-state index in [1.54, 1.807) is 0 Å². The Hall–Kier alpha value is -0.120. The van der Waals surface area contributed by atoms with Gasteiger partial charge in [0.2, 0.25) is 0 Å². The van der Waals surface area contributed by atoms with E-state index in [1.807, 2.05) is 7.11 Å². The molecule has 3 nitrogen and oxygen atoms in total. The van der Waals surface area contributed by atoms with Crippen molar-refractivity contribution in [3.8, 4) is 0 Å². The van der Waals surface area contributed by atoms with Gasteiger partial charge >= 0.3 is 0 Å². The largest absolute Gasteiger partial charge is 0.381 e. The third-order valence-electron chi connectivity index (χ3n) is 4.69. The molecule has 3 aliphatic heterocycles. The highest BCUT2D eigenvalue weighted by atomic mass is 16.5. The van der Waals surface area contributed by atoms with Crippen LogP contribution in [-0.4, -0.2) is 49.5 Å². The topological polar surface area (TPSA) is 21.7 Å². The van der Waals surface area contributed by atoms with Crippen LogP contribution in [0.15, 0.2) is 0 Å². The van der Waals surface area contributed by atoms with Crippen LogP contribution in [0.25, 0.3) is 0 Å². The third kappa shape index (κ3) is 1.89. The Bertz CT molecular complexity index is 226. The lowest BCUT2D eigenvalue weighted by atomic mass is 9.95. The molecule has 0 aromatic heterocycles. The Morgan fingerprint density at radius 3 is 2.12 bits per heavy atom. The molecule has 0 amide bonds. The molecular weight excluding hydrogens is 202 g/mol. The number of ether oxygens (including phenoxy) is 2. The third-order valence-corrected chi connectivity index (χ3v) is 4.69. The van der Waals surface area contributed by atoms with E-state index >= 15 is 0 Å². The highest BCUT2D eigenvalue weighted by molar-refractivity contribution is 4.98. The standard InChI is InChI=1S/C13H23NO2/c1-15-13-8-11-2-3-12(9-13)14(11)10-4-6-16-7-5-10/h10-13H,2-9H2,1H3. The summed E-state index contributed by atoms with van der Waals surface area (Å²) in [6, 6.07) is 2.39. The van der Waals surface area contributed by atoms with Gasteiger partial charge in [-0.25, -0.2) is 0 Å². The molecular formula is C13H23NO2. The average Bonchev–Trinajstić information content (AvgIpc) is 2.61. The Morgan fingerprint density at radius 1 is 0.938 bits per heavy atom. The minimum Gasteiger partial charge on any atom is -0.381 e. The minimum atomic E-state index is 0.522. The maximum Gasteiger partial charge on any atom is 0.0601 e. The number of fused-ring (bicyclic) bond motifs is 2. The summed E-state index contributed by atoms with van der Waals surface area (Å²) in [5.74, 6) is 0. The highest BCUT2D eigenvalue weighted by Crippen LogP contribution is 2.39. The van der Waals surface area contributed by atoms with Crippen molar-refractivity contribution < 1.29 is 9.47 Å². The van der Waals surface area contributed by atoms with Crippen LogP contribution in [0.3, 0.4) is 0 Å². The number of hydrogen-bond acceptors (Lipinski definition) is 3. The molecule has 0 aromatic carbocycles. The first kappa shape index (κ1) is 11.0. The molecule has 0 N–H and O–H groups in total. The highest BCUT2D eigenvalue weighted by Gasteiger charge is 2.43. The molecule has 3 rings (SSSR count). The van der Waals surface area contributed by atoms with Crippen molar-refractivity contribution in [1.82, 2.24) is 4.90 Å². The van der Waals surface area contributed by atoms with Crippen LogP contribution in [0.1, 0.15) is 38.5 Å². The second-order valence-electron chi connectivity index (χ2n) is 5.50. The Balaban J connectivity index is 1.68. The van der Waals surface area contributed by atoms with Crippen LogP contribution in [0, 0.1) is 0 Å². The number of rotatable bonds is 2. The van der Waals surface area contributed by atoms with Gasteiger partial charge in [-0.15, -0.1) is 0 Å². The smallest absolute Gasteiger partial charge is 0.0601 e. The molecule has 3 heterocycles. The van der Waals surface area contributed by atoms with Gasteiger partial charge in [-0.05, 0) is 38.5 Å². The maximum absolute atomic E-state index is 5.56. The number of nitrogens with zero attached hydrogens (tertiary/aromatic N) is 1. The summed E-state index contributed by atoms with van der Waals surface area (Å²) in [6.45, 7) is 1.93. The first-order valence-corrected chi connectivity index (χ1v) is 6.76. The molecule has 2 unspecified atom stereocenters. The summed E-state index contributed by atoms with van der Waals surface area (Å²) in [7, 11) is 1.87. The fourth-order valence-corrected chi connectivity index (χ4v) is 3.94. The molecule has 3 fully saturated rings. The molecule has 3 heteroatoms. The predicted octanol–water partition coefficient (Wildman–Crippen LogP) is 1.81.